The lowest BCUT2D eigenvalue weighted by Gasteiger charge is -2.25. The summed E-state index contributed by atoms with van der Waals surface area (Å²) in [6.45, 7) is 9.33. The summed E-state index contributed by atoms with van der Waals surface area (Å²) in [5, 5.41) is 0. The summed E-state index contributed by atoms with van der Waals surface area (Å²) in [5.74, 6) is -0.171. The third-order valence-electron chi connectivity index (χ3n) is 4.06. The minimum absolute atomic E-state index is 0.171. The van der Waals surface area contributed by atoms with Crippen molar-refractivity contribution in [3.05, 3.63) is 65.7 Å². The highest BCUT2D eigenvalue weighted by Crippen LogP contribution is 2.27. The van der Waals surface area contributed by atoms with E-state index in [2.05, 4.69) is 4.99 Å². The third-order valence-corrected chi connectivity index (χ3v) is 4.06. The fourth-order valence-electron chi connectivity index (χ4n) is 2.81. The average molecular weight is 383 g/mol. The number of carbonyl (C=O) groups is 1. The third kappa shape index (κ3) is 5.75. The van der Waals surface area contributed by atoms with Crippen molar-refractivity contribution in [1.82, 2.24) is 4.90 Å². The number of likely N-dealkylation sites (N-methyl/N-ethyl adjacent to an activating group) is 1. The number of hydrogen-bond donors (Lipinski definition) is 1. The van der Waals surface area contributed by atoms with E-state index in [0.29, 0.717) is 6.54 Å². The van der Waals surface area contributed by atoms with Crippen LogP contribution in [0.3, 0.4) is 0 Å². The van der Waals surface area contributed by atoms with Crippen LogP contribution in [0.4, 0.5) is 5.69 Å². The van der Waals surface area contributed by atoms with Crippen LogP contribution in [0.5, 0.6) is 0 Å². The molecule has 0 saturated carbocycles. The van der Waals surface area contributed by atoms with E-state index in [1.807, 2.05) is 101 Å². The van der Waals surface area contributed by atoms with Crippen molar-refractivity contribution in [3.63, 3.8) is 0 Å². The number of benzene rings is 2. The largest absolute Gasteiger partial charge is 0.308 e. The molecule has 0 bridgehead atoms. The molecular weight excluding hydrogens is 348 g/mol. The Morgan fingerprint density at radius 1 is 0.964 bits per heavy atom. The van der Waals surface area contributed by atoms with Crippen LogP contribution in [-0.4, -0.2) is 49.9 Å². The van der Waals surface area contributed by atoms with E-state index in [-0.39, 0.29) is 5.91 Å². The molecule has 0 saturated heterocycles. The molecule has 1 aliphatic rings. The smallest absolute Gasteiger partial charge is 0.266 e. The summed E-state index contributed by atoms with van der Waals surface area (Å²) in [4.78, 5) is 21.1. The van der Waals surface area contributed by atoms with E-state index in [1.165, 1.54) is 0 Å². The molecule has 0 aromatic heterocycles. The van der Waals surface area contributed by atoms with Gasteiger partial charge in [-0.3, -0.25) is 9.79 Å². The first-order valence-corrected chi connectivity index (χ1v) is 10.0. The van der Waals surface area contributed by atoms with Gasteiger partial charge in [0.05, 0.1) is 11.4 Å². The second-order valence-corrected chi connectivity index (χ2v) is 6.10. The Balaban J connectivity index is 0.000000921. The van der Waals surface area contributed by atoms with Crippen LogP contribution in [0.15, 0.2) is 59.6 Å². The number of hydrogen-bond acceptors (Lipinski definition) is 4. The SMILES string of the molecule is CC.CC.CN(C)CCN1C(=O)C(N)N=C(c2ccccc2)c2ccccc21. The molecular formula is C23H34N4O. The zero-order chi connectivity index (χ0) is 21.1. The van der Waals surface area contributed by atoms with Crippen LogP contribution in [0.25, 0.3) is 0 Å². The average Bonchev–Trinajstić information content (AvgIpc) is 2.85. The van der Waals surface area contributed by atoms with Gasteiger partial charge in [0, 0.05) is 24.2 Å². The second-order valence-electron chi connectivity index (χ2n) is 6.10. The molecule has 0 fully saturated rings. The molecule has 28 heavy (non-hydrogen) atoms. The van der Waals surface area contributed by atoms with Gasteiger partial charge in [0.15, 0.2) is 6.17 Å². The van der Waals surface area contributed by atoms with Crippen LogP contribution in [-0.2, 0) is 4.79 Å². The molecule has 152 valence electrons. The van der Waals surface area contributed by atoms with Gasteiger partial charge in [0.1, 0.15) is 0 Å². The first-order chi connectivity index (χ1) is 13.6. The Kier molecular flexibility index (Phi) is 10.1. The van der Waals surface area contributed by atoms with Crippen molar-refractivity contribution in [1.29, 1.82) is 0 Å². The summed E-state index contributed by atoms with van der Waals surface area (Å²) in [6, 6.07) is 17.7. The maximum absolute atomic E-state index is 12.8. The molecule has 1 heterocycles. The van der Waals surface area contributed by atoms with Gasteiger partial charge in [-0.15, -0.1) is 0 Å². The number of nitrogens with zero attached hydrogens (tertiary/aromatic N) is 3. The summed E-state index contributed by atoms with van der Waals surface area (Å²) < 4.78 is 0. The fraction of sp³-hybridized carbons (Fsp3) is 0.391. The Morgan fingerprint density at radius 2 is 1.54 bits per heavy atom. The van der Waals surface area contributed by atoms with Crippen molar-refractivity contribution in [2.45, 2.75) is 33.9 Å². The van der Waals surface area contributed by atoms with Gasteiger partial charge in [-0.2, -0.15) is 0 Å². The molecule has 5 heteroatoms. The van der Waals surface area contributed by atoms with Gasteiger partial charge in [-0.1, -0.05) is 76.2 Å². The molecule has 0 aliphatic carbocycles. The number of nitrogens with two attached hydrogens (primary N) is 1. The quantitative estimate of drug-likeness (QED) is 0.875. The van der Waals surface area contributed by atoms with Crippen LogP contribution in [0.1, 0.15) is 38.8 Å². The Labute approximate surface area is 169 Å². The number of anilines is 1. The van der Waals surface area contributed by atoms with E-state index >= 15 is 0 Å². The van der Waals surface area contributed by atoms with Gasteiger partial charge >= 0.3 is 0 Å². The standard InChI is InChI=1S/C19H22N4O.2C2H6/c1-22(2)12-13-23-16-11-7-6-10-15(16)17(21-18(20)19(23)24)14-8-4-3-5-9-14;2*1-2/h3-11,18H,12-13,20H2,1-2H3;2*1-2H3. The van der Waals surface area contributed by atoms with Gasteiger partial charge in [-0.25, -0.2) is 0 Å². The lowest BCUT2D eigenvalue weighted by Crippen LogP contribution is -2.45. The van der Waals surface area contributed by atoms with Crippen LogP contribution in [0.2, 0.25) is 0 Å². The summed E-state index contributed by atoms with van der Waals surface area (Å²) in [6.07, 6.45) is -0.894. The summed E-state index contributed by atoms with van der Waals surface area (Å²) in [5.41, 5.74) is 9.61. The predicted molar refractivity (Wildman–Crippen MR) is 120 cm³/mol. The maximum Gasteiger partial charge on any atom is 0.266 e. The van der Waals surface area contributed by atoms with Gasteiger partial charge in [0.2, 0.25) is 0 Å². The number of aliphatic imine (C=N–C) groups is 1. The molecule has 0 radical (unpaired) electrons. The topological polar surface area (TPSA) is 61.9 Å². The van der Waals surface area contributed by atoms with Crippen LogP contribution in [0, 0.1) is 0 Å². The van der Waals surface area contributed by atoms with E-state index in [0.717, 1.165) is 29.1 Å². The number of fused-ring (bicyclic) bond motifs is 1. The molecule has 1 amide bonds. The minimum atomic E-state index is -0.894. The Morgan fingerprint density at radius 3 is 2.14 bits per heavy atom. The highest BCUT2D eigenvalue weighted by molar-refractivity contribution is 6.20. The molecule has 2 aromatic rings. The number of rotatable bonds is 4. The van der Waals surface area contributed by atoms with Crippen molar-refractivity contribution in [2.75, 3.05) is 32.1 Å². The van der Waals surface area contributed by atoms with Crippen molar-refractivity contribution >= 4 is 17.3 Å². The van der Waals surface area contributed by atoms with Gasteiger partial charge < -0.3 is 15.5 Å². The van der Waals surface area contributed by atoms with E-state index in [4.69, 9.17) is 5.73 Å². The predicted octanol–water partition coefficient (Wildman–Crippen LogP) is 3.77. The molecule has 3 rings (SSSR count). The Hall–Kier alpha value is -2.50. The molecule has 1 unspecified atom stereocenters. The normalized spacial score (nSPS) is 15.4. The van der Waals surface area contributed by atoms with Crippen molar-refractivity contribution in [3.8, 4) is 0 Å². The lowest BCUT2D eigenvalue weighted by atomic mass is 10.0. The minimum Gasteiger partial charge on any atom is -0.308 e. The van der Waals surface area contributed by atoms with Crippen molar-refractivity contribution < 1.29 is 4.79 Å². The fourth-order valence-corrected chi connectivity index (χ4v) is 2.81. The highest BCUT2D eigenvalue weighted by atomic mass is 16.2. The van der Waals surface area contributed by atoms with Gasteiger partial charge in [-0.05, 0) is 20.2 Å². The molecule has 5 nitrogen and oxygen atoms in total. The second kappa shape index (κ2) is 12.1. The Bertz CT molecular complexity index is 756. The van der Waals surface area contributed by atoms with E-state index in [9.17, 15) is 4.79 Å². The molecule has 2 N–H and O–H groups in total. The maximum atomic E-state index is 12.8. The number of carbonyl (C=O) groups excluding carboxylic acids is 1. The molecule has 0 spiro atoms. The monoisotopic (exact) mass is 382 g/mol. The van der Waals surface area contributed by atoms with Crippen LogP contribution >= 0.6 is 0 Å². The zero-order valence-electron chi connectivity index (χ0n) is 18.0. The summed E-state index contributed by atoms with van der Waals surface area (Å²) in [7, 11) is 3.97. The molecule has 1 atom stereocenters. The van der Waals surface area contributed by atoms with Crippen LogP contribution < -0.4 is 10.6 Å². The molecule has 2 aromatic carbocycles. The first kappa shape index (κ1) is 23.5. The number of amides is 1. The number of benzodiazepines with no additional fused rings is 1. The van der Waals surface area contributed by atoms with E-state index in [1.54, 1.807) is 4.90 Å². The lowest BCUT2D eigenvalue weighted by molar-refractivity contribution is -0.119. The first-order valence-electron chi connectivity index (χ1n) is 10.0. The van der Waals surface area contributed by atoms with Gasteiger partial charge in [0.25, 0.3) is 5.91 Å². The highest BCUT2D eigenvalue weighted by Gasteiger charge is 2.29. The molecule has 1 aliphatic heterocycles. The summed E-state index contributed by atoms with van der Waals surface area (Å²) >= 11 is 0. The van der Waals surface area contributed by atoms with E-state index < -0.39 is 6.17 Å². The van der Waals surface area contributed by atoms with Crippen molar-refractivity contribution in [2.24, 2.45) is 10.7 Å². The zero-order valence-corrected chi connectivity index (χ0v) is 18.0. The number of para-hydroxylation sites is 1.